The molecule has 0 aliphatic rings. The van der Waals surface area contributed by atoms with Crippen molar-refractivity contribution in [3.63, 3.8) is 0 Å². The molecule has 0 saturated carbocycles. The number of carboxylic acids is 1. The molecule has 18 heavy (non-hydrogen) atoms. The summed E-state index contributed by atoms with van der Waals surface area (Å²) >= 11 is 0. The van der Waals surface area contributed by atoms with E-state index in [9.17, 15) is 9.59 Å². The van der Waals surface area contributed by atoms with Crippen LogP contribution in [-0.2, 0) is 11.3 Å². The first-order chi connectivity index (χ1) is 8.58. The van der Waals surface area contributed by atoms with Gasteiger partial charge in [-0.25, -0.2) is 4.79 Å². The molecular formula is C13H15NO4. The number of aromatic nitrogens is 1. The van der Waals surface area contributed by atoms with Gasteiger partial charge in [-0.2, -0.15) is 0 Å². The Kier molecular flexibility index (Phi) is 3.50. The summed E-state index contributed by atoms with van der Waals surface area (Å²) < 4.78 is 6.68. The Morgan fingerprint density at radius 3 is 2.89 bits per heavy atom. The fourth-order valence-electron chi connectivity index (χ4n) is 1.93. The fourth-order valence-corrected chi connectivity index (χ4v) is 1.93. The van der Waals surface area contributed by atoms with Gasteiger partial charge in [0.2, 0.25) is 0 Å². The van der Waals surface area contributed by atoms with Crippen LogP contribution in [-0.4, -0.2) is 15.6 Å². The average molecular weight is 249 g/mol. The largest absolute Gasteiger partial charge is 0.481 e. The van der Waals surface area contributed by atoms with Gasteiger partial charge in [0.15, 0.2) is 5.58 Å². The number of unbranched alkanes of at least 4 members (excludes halogenated alkanes) is 1. The lowest BCUT2D eigenvalue weighted by Crippen LogP contribution is -2.14. The van der Waals surface area contributed by atoms with Crippen LogP contribution in [0.3, 0.4) is 0 Å². The van der Waals surface area contributed by atoms with Gasteiger partial charge in [0.05, 0.1) is 5.52 Å². The van der Waals surface area contributed by atoms with E-state index in [1.165, 1.54) is 0 Å². The molecule has 5 heteroatoms. The average Bonchev–Trinajstić information content (AvgIpc) is 2.60. The third kappa shape index (κ3) is 2.61. The molecular weight excluding hydrogens is 234 g/mol. The molecule has 0 saturated heterocycles. The lowest BCUT2D eigenvalue weighted by molar-refractivity contribution is -0.137. The summed E-state index contributed by atoms with van der Waals surface area (Å²) in [6, 6.07) is 5.57. The molecule has 1 aromatic heterocycles. The van der Waals surface area contributed by atoms with Gasteiger partial charge >= 0.3 is 11.7 Å². The number of carboxylic acid groups (broad SMARTS) is 1. The van der Waals surface area contributed by atoms with E-state index in [1.54, 1.807) is 10.6 Å². The summed E-state index contributed by atoms with van der Waals surface area (Å²) in [4.78, 5) is 22.1. The third-order valence-electron chi connectivity index (χ3n) is 2.85. The number of carbonyl (C=O) groups is 1. The maximum Gasteiger partial charge on any atom is 0.419 e. The first-order valence-electron chi connectivity index (χ1n) is 5.90. The van der Waals surface area contributed by atoms with Gasteiger partial charge in [0.1, 0.15) is 0 Å². The normalized spacial score (nSPS) is 10.9. The van der Waals surface area contributed by atoms with Gasteiger partial charge in [-0.3, -0.25) is 9.36 Å². The van der Waals surface area contributed by atoms with E-state index < -0.39 is 5.97 Å². The van der Waals surface area contributed by atoms with Crippen molar-refractivity contribution in [2.75, 3.05) is 0 Å². The second-order valence-electron chi connectivity index (χ2n) is 4.34. The predicted molar refractivity (Wildman–Crippen MR) is 66.7 cm³/mol. The highest BCUT2D eigenvalue weighted by Gasteiger charge is 2.08. The highest BCUT2D eigenvalue weighted by molar-refractivity contribution is 5.73. The zero-order valence-electron chi connectivity index (χ0n) is 10.2. The van der Waals surface area contributed by atoms with Gasteiger partial charge < -0.3 is 9.52 Å². The highest BCUT2D eigenvalue weighted by Crippen LogP contribution is 2.15. The van der Waals surface area contributed by atoms with E-state index in [2.05, 4.69) is 0 Å². The highest BCUT2D eigenvalue weighted by atomic mass is 16.4. The van der Waals surface area contributed by atoms with Crippen LogP contribution in [0.5, 0.6) is 0 Å². The number of oxazole rings is 1. The SMILES string of the molecule is Cc1ccc2oc(=O)n(CCCCC(=O)O)c2c1. The molecule has 1 N–H and O–H groups in total. The van der Waals surface area contributed by atoms with Crippen LogP contribution in [0.25, 0.3) is 11.1 Å². The Bertz CT molecular complexity index is 623. The first kappa shape index (κ1) is 12.4. The minimum absolute atomic E-state index is 0.129. The standard InChI is InChI=1S/C13H15NO4/c1-9-5-6-11-10(8-9)14(13(17)18-11)7-3-2-4-12(15)16/h5-6,8H,2-4,7H2,1H3,(H,15,16). The number of hydrogen-bond acceptors (Lipinski definition) is 3. The van der Waals surface area contributed by atoms with Crippen molar-refractivity contribution in [3.05, 3.63) is 34.3 Å². The molecule has 1 aromatic carbocycles. The molecule has 0 aliphatic heterocycles. The summed E-state index contributed by atoms with van der Waals surface area (Å²) in [5, 5.41) is 8.55. The summed E-state index contributed by atoms with van der Waals surface area (Å²) in [5.74, 6) is -1.19. The van der Waals surface area contributed by atoms with Crippen LogP contribution < -0.4 is 5.76 Å². The van der Waals surface area contributed by atoms with E-state index in [0.717, 1.165) is 11.1 Å². The predicted octanol–water partition coefficient (Wildman–Crippen LogP) is 2.16. The van der Waals surface area contributed by atoms with Gasteiger partial charge in [0.25, 0.3) is 0 Å². The van der Waals surface area contributed by atoms with Crippen molar-refractivity contribution in [2.45, 2.75) is 32.7 Å². The third-order valence-corrected chi connectivity index (χ3v) is 2.85. The van der Waals surface area contributed by atoms with Gasteiger partial charge in [0, 0.05) is 13.0 Å². The van der Waals surface area contributed by atoms with Gasteiger partial charge in [-0.05, 0) is 37.5 Å². The summed E-state index contributed by atoms with van der Waals surface area (Å²) in [5.41, 5.74) is 2.40. The minimum atomic E-state index is -0.810. The van der Waals surface area contributed by atoms with E-state index in [-0.39, 0.29) is 12.2 Å². The number of rotatable bonds is 5. The summed E-state index contributed by atoms with van der Waals surface area (Å²) in [7, 11) is 0. The van der Waals surface area contributed by atoms with Crippen molar-refractivity contribution in [2.24, 2.45) is 0 Å². The number of hydrogen-bond donors (Lipinski definition) is 1. The molecule has 0 atom stereocenters. The summed E-state index contributed by atoms with van der Waals surface area (Å²) in [6.45, 7) is 2.44. The number of nitrogens with zero attached hydrogens (tertiary/aromatic N) is 1. The van der Waals surface area contributed by atoms with Crippen molar-refractivity contribution in [3.8, 4) is 0 Å². The maximum atomic E-state index is 11.7. The van der Waals surface area contributed by atoms with Crippen molar-refractivity contribution < 1.29 is 14.3 Å². The molecule has 0 fully saturated rings. The summed E-state index contributed by atoms with van der Waals surface area (Å²) in [6.07, 6.45) is 1.33. The number of aliphatic carboxylic acids is 1. The zero-order chi connectivity index (χ0) is 13.1. The molecule has 0 amide bonds. The molecule has 0 radical (unpaired) electrons. The quantitative estimate of drug-likeness (QED) is 0.824. The van der Waals surface area contributed by atoms with Crippen LogP contribution in [0, 0.1) is 6.92 Å². The molecule has 0 spiro atoms. The van der Waals surface area contributed by atoms with Gasteiger partial charge in [-0.1, -0.05) is 6.07 Å². The van der Waals surface area contributed by atoms with Crippen LogP contribution in [0.4, 0.5) is 0 Å². The monoisotopic (exact) mass is 249 g/mol. The first-order valence-corrected chi connectivity index (χ1v) is 5.90. The van der Waals surface area contributed by atoms with E-state index in [4.69, 9.17) is 9.52 Å². The van der Waals surface area contributed by atoms with Crippen molar-refractivity contribution >= 4 is 17.1 Å². The Hall–Kier alpha value is -2.04. The van der Waals surface area contributed by atoms with Crippen molar-refractivity contribution in [1.82, 2.24) is 4.57 Å². The molecule has 0 unspecified atom stereocenters. The Balaban J connectivity index is 2.17. The number of benzene rings is 1. The molecule has 96 valence electrons. The zero-order valence-corrected chi connectivity index (χ0v) is 10.2. The van der Waals surface area contributed by atoms with Crippen LogP contribution in [0.15, 0.2) is 27.4 Å². The Labute approximate surface area is 104 Å². The topological polar surface area (TPSA) is 72.4 Å². The number of fused-ring (bicyclic) bond motifs is 1. The second kappa shape index (κ2) is 5.08. The van der Waals surface area contributed by atoms with E-state index >= 15 is 0 Å². The van der Waals surface area contributed by atoms with Crippen LogP contribution in [0.1, 0.15) is 24.8 Å². The second-order valence-corrected chi connectivity index (χ2v) is 4.34. The lowest BCUT2D eigenvalue weighted by Gasteiger charge is -2.01. The van der Waals surface area contributed by atoms with Crippen molar-refractivity contribution in [1.29, 1.82) is 0 Å². The van der Waals surface area contributed by atoms with Crippen LogP contribution >= 0.6 is 0 Å². The van der Waals surface area contributed by atoms with Crippen LogP contribution in [0.2, 0.25) is 0 Å². The Morgan fingerprint density at radius 2 is 2.17 bits per heavy atom. The molecule has 0 bridgehead atoms. The van der Waals surface area contributed by atoms with Gasteiger partial charge in [-0.15, -0.1) is 0 Å². The minimum Gasteiger partial charge on any atom is -0.481 e. The van der Waals surface area contributed by atoms with E-state index in [1.807, 2.05) is 19.1 Å². The smallest absolute Gasteiger partial charge is 0.419 e. The molecule has 5 nitrogen and oxygen atoms in total. The Morgan fingerprint density at radius 1 is 1.39 bits per heavy atom. The molecule has 2 aromatic rings. The maximum absolute atomic E-state index is 11.7. The number of aryl methyl sites for hydroxylation is 2. The molecule has 2 rings (SSSR count). The lowest BCUT2D eigenvalue weighted by atomic mass is 10.2. The molecule has 0 aliphatic carbocycles. The van der Waals surface area contributed by atoms with E-state index in [0.29, 0.717) is 25.0 Å². The molecule has 1 heterocycles. The fraction of sp³-hybridized carbons (Fsp3) is 0.385.